The third-order valence-corrected chi connectivity index (χ3v) is 2.88. The van der Waals surface area contributed by atoms with E-state index in [9.17, 15) is 4.79 Å². The molecule has 0 fully saturated rings. The van der Waals surface area contributed by atoms with Gasteiger partial charge in [0.05, 0.1) is 12.6 Å². The Bertz CT molecular complexity index is 404. The highest BCUT2D eigenvalue weighted by atomic mass is 35.5. The first kappa shape index (κ1) is 15.2. The van der Waals surface area contributed by atoms with E-state index in [-0.39, 0.29) is 28.2 Å². The first-order valence-electron chi connectivity index (χ1n) is 5.57. The van der Waals surface area contributed by atoms with E-state index < -0.39 is 0 Å². The summed E-state index contributed by atoms with van der Waals surface area (Å²) in [6.45, 7) is 4.48. The summed E-state index contributed by atoms with van der Waals surface area (Å²) < 4.78 is 5.07. The van der Waals surface area contributed by atoms with E-state index in [1.165, 1.54) is 12.1 Å². The summed E-state index contributed by atoms with van der Waals surface area (Å²) in [6, 6.07) is 2.90. The van der Waals surface area contributed by atoms with Crippen LogP contribution in [0, 0.1) is 5.92 Å². The highest BCUT2D eigenvalue weighted by molar-refractivity contribution is 6.33. The van der Waals surface area contributed by atoms with Crippen molar-refractivity contribution in [2.75, 3.05) is 13.7 Å². The number of pyridine rings is 1. The second-order valence-electron chi connectivity index (χ2n) is 4.28. The minimum Gasteiger partial charge on any atom is -0.383 e. The van der Waals surface area contributed by atoms with Crippen LogP contribution in [-0.2, 0) is 4.74 Å². The van der Waals surface area contributed by atoms with E-state index in [0.717, 1.165) is 0 Å². The molecule has 18 heavy (non-hydrogen) atoms. The van der Waals surface area contributed by atoms with Gasteiger partial charge in [0.15, 0.2) is 0 Å². The minimum absolute atomic E-state index is 0.0618. The number of hydrogen-bond donors (Lipinski definition) is 1. The van der Waals surface area contributed by atoms with Crippen molar-refractivity contribution in [2.45, 2.75) is 19.9 Å². The molecule has 1 unspecified atom stereocenters. The van der Waals surface area contributed by atoms with Crippen molar-refractivity contribution in [1.82, 2.24) is 10.3 Å². The smallest absolute Gasteiger partial charge is 0.251 e. The standard InChI is InChI=1S/C12H16Cl2N2O2/c1-7(2)9(6-18-3)15-12(17)8-4-10(13)16-11(14)5-8/h4-5,7,9H,6H2,1-3H3,(H,15,17). The lowest BCUT2D eigenvalue weighted by Gasteiger charge is -2.21. The number of methoxy groups -OCH3 is 1. The molecule has 0 saturated heterocycles. The molecular formula is C12H16Cl2N2O2. The van der Waals surface area contributed by atoms with Crippen LogP contribution in [0.1, 0.15) is 24.2 Å². The fraction of sp³-hybridized carbons (Fsp3) is 0.500. The van der Waals surface area contributed by atoms with Crippen molar-refractivity contribution >= 4 is 29.1 Å². The van der Waals surface area contributed by atoms with Crippen molar-refractivity contribution < 1.29 is 9.53 Å². The van der Waals surface area contributed by atoms with E-state index in [1.54, 1.807) is 7.11 Å². The van der Waals surface area contributed by atoms with Crippen molar-refractivity contribution in [2.24, 2.45) is 5.92 Å². The molecule has 6 heteroatoms. The van der Waals surface area contributed by atoms with Crippen LogP contribution in [0.25, 0.3) is 0 Å². The monoisotopic (exact) mass is 290 g/mol. The molecule has 1 amide bonds. The van der Waals surface area contributed by atoms with Gasteiger partial charge in [-0.1, -0.05) is 37.0 Å². The molecular weight excluding hydrogens is 275 g/mol. The van der Waals surface area contributed by atoms with Gasteiger partial charge in [0, 0.05) is 12.7 Å². The van der Waals surface area contributed by atoms with E-state index >= 15 is 0 Å². The normalized spacial score (nSPS) is 12.6. The molecule has 0 aliphatic heterocycles. The van der Waals surface area contributed by atoms with Gasteiger partial charge in [0.2, 0.25) is 0 Å². The number of nitrogens with zero attached hydrogens (tertiary/aromatic N) is 1. The lowest BCUT2D eigenvalue weighted by atomic mass is 10.0. The summed E-state index contributed by atoms with van der Waals surface area (Å²) in [5.41, 5.74) is 0.391. The number of ether oxygens (including phenoxy) is 1. The Balaban J connectivity index is 2.80. The van der Waals surface area contributed by atoms with Crippen molar-refractivity contribution in [1.29, 1.82) is 0 Å². The maximum absolute atomic E-state index is 12.0. The molecule has 0 radical (unpaired) electrons. The van der Waals surface area contributed by atoms with Crippen LogP contribution >= 0.6 is 23.2 Å². The Morgan fingerprint density at radius 2 is 1.94 bits per heavy atom. The van der Waals surface area contributed by atoms with Gasteiger partial charge < -0.3 is 10.1 Å². The van der Waals surface area contributed by atoms with E-state index in [1.807, 2.05) is 13.8 Å². The molecule has 1 rings (SSSR count). The summed E-state index contributed by atoms with van der Waals surface area (Å²) in [6.07, 6.45) is 0. The fourth-order valence-corrected chi connectivity index (χ4v) is 1.89. The molecule has 100 valence electrons. The second kappa shape index (κ2) is 6.92. The number of carbonyl (C=O) groups is 1. The molecule has 1 aromatic rings. The Hall–Kier alpha value is -0.840. The Labute approximate surface area is 117 Å². The van der Waals surface area contributed by atoms with Gasteiger partial charge in [-0.05, 0) is 18.1 Å². The predicted molar refractivity (Wildman–Crippen MR) is 72.2 cm³/mol. The third kappa shape index (κ3) is 4.44. The number of carbonyl (C=O) groups excluding carboxylic acids is 1. The van der Waals surface area contributed by atoms with Crippen LogP contribution in [0.15, 0.2) is 12.1 Å². The number of hydrogen-bond acceptors (Lipinski definition) is 3. The molecule has 0 aliphatic carbocycles. The molecule has 0 spiro atoms. The largest absolute Gasteiger partial charge is 0.383 e. The molecule has 1 heterocycles. The Morgan fingerprint density at radius 1 is 1.39 bits per heavy atom. The van der Waals surface area contributed by atoms with Crippen molar-refractivity contribution in [3.05, 3.63) is 28.0 Å². The molecule has 1 aromatic heterocycles. The Morgan fingerprint density at radius 3 is 2.39 bits per heavy atom. The molecule has 0 aliphatic rings. The average Bonchev–Trinajstić information content (AvgIpc) is 2.26. The van der Waals surface area contributed by atoms with Crippen LogP contribution in [0.2, 0.25) is 10.3 Å². The molecule has 4 nitrogen and oxygen atoms in total. The van der Waals surface area contributed by atoms with Gasteiger partial charge in [-0.2, -0.15) is 0 Å². The zero-order chi connectivity index (χ0) is 13.7. The quantitative estimate of drug-likeness (QED) is 0.849. The third-order valence-electron chi connectivity index (χ3n) is 2.49. The summed E-state index contributed by atoms with van der Waals surface area (Å²) in [7, 11) is 1.60. The Kier molecular flexibility index (Phi) is 5.85. The van der Waals surface area contributed by atoms with Crippen LogP contribution in [0.4, 0.5) is 0 Å². The van der Waals surface area contributed by atoms with Gasteiger partial charge in [0.25, 0.3) is 5.91 Å². The van der Waals surface area contributed by atoms with Gasteiger partial charge in [-0.15, -0.1) is 0 Å². The lowest BCUT2D eigenvalue weighted by Crippen LogP contribution is -2.41. The topological polar surface area (TPSA) is 51.2 Å². The molecule has 0 bridgehead atoms. The minimum atomic E-state index is -0.239. The van der Waals surface area contributed by atoms with E-state index in [4.69, 9.17) is 27.9 Å². The average molecular weight is 291 g/mol. The van der Waals surface area contributed by atoms with Gasteiger partial charge >= 0.3 is 0 Å². The van der Waals surface area contributed by atoms with Crippen LogP contribution in [0.5, 0.6) is 0 Å². The lowest BCUT2D eigenvalue weighted by molar-refractivity contribution is 0.0866. The summed E-state index contributed by atoms with van der Waals surface area (Å²) in [4.78, 5) is 15.8. The number of amides is 1. The maximum Gasteiger partial charge on any atom is 0.251 e. The van der Waals surface area contributed by atoms with Gasteiger partial charge in [-0.25, -0.2) is 4.98 Å². The first-order valence-corrected chi connectivity index (χ1v) is 6.32. The van der Waals surface area contributed by atoms with Crippen LogP contribution in [0.3, 0.4) is 0 Å². The van der Waals surface area contributed by atoms with Gasteiger partial charge in [0.1, 0.15) is 10.3 Å². The molecule has 0 saturated carbocycles. The highest BCUT2D eigenvalue weighted by Crippen LogP contribution is 2.15. The number of rotatable bonds is 5. The van der Waals surface area contributed by atoms with Crippen molar-refractivity contribution in [3.8, 4) is 0 Å². The highest BCUT2D eigenvalue weighted by Gasteiger charge is 2.17. The first-order chi connectivity index (χ1) is 8.43. The van der Waals surface area contributed by atoms with Crippen molar-refractivity contribution in [3.63, 3.8) is 0 Å². The van der Waals surface area contributed by atoms with Gasteiger partial charge in [-0.3, -0.25) is 4.79 Å². The summed E-state index contributed by atoms with van der Waals surface area (Å²) >= 11 is 11.5. The summed E-state index contributed by atoms with van der Waals surface area (Å²) in [5, 5.41) is 3.27. The molecule has 1 atom stereocenters. The SMILES string of the molecule is COCC(NC(=O)c1cc(Cl)nc(Cl)c1)C(C)C. The zero-order valence-corrected chi connectivity index (χ0v) is 12.0. The predicted octanol–water partition coefficient (Wildman–Crippen LogP) is 2.79. The van der Waals surface area contributed by atoms with Crippen LogP contribution < -0.4 is 5.32 Å². The fourth-order valence-electron chi connectivity index (χ4n) is 1.43. The number of halogens is 2. The van der Waals surface area contributed by atoms with E-state index in [2.05, 4.69) is 10.3 Å². The maximum atomic E-state index is 12.0. The molecule has 0 aromatic carbocycles. The summed E-state index contributed by atoms with van der Waals surface area (Å²) in [5.74, 6) is 0.0265. The number of nitrogens with one attached hydrogen (secondary N) is 1. The number of aromatic nitrogens is 1. The zero-order valence-electron chi connectivity index (χ0n) is 10.5. The second-order valence-corrected chi connectivity index (χ2v) is 5.06. The van der Waals surface area contributed by atoms with E-state index in [0.29, 0.717) is 12.2 Å². The van der Waals surface area contributed by atoms with Crippen LogP contribution in [-0.4, -0.2) is 30.6 Å². The molecule has 1 N–H and O–H groups in total.